The van der Waals surface area contributed by atoms with E-state index in [4.69, 9.17) is 4.98 Å². The van der Waals surface area contributed by atoms with Gasteiger partial charge in [0.15, 0.2) is 5.82 Å². The Bertz CT molecular complexity index is 1130. The van der Waals surface area contributed by atoms with Gasteiger partial charge in [-0.2, -0.15) is 10.1 Å². The molecule has 2 aliphatic rings. The van der Waals surface area contributed by atoms with E-state index in [9.17, 15) is 9.18 Å². The van der Waals surface area contributed by atoms with Gasteiger partial charge in [0.1, 0.15) is 17.5 Å². The lowest BCUT2D eigenvalue weighted by molar-refractivity contribution is -0.119. The number of hydrogen-bond donors (Lipinski definition) is 1. The van der Waals surface area contributed by atoms with E-state index >= 15 is 0 Å². The quantitative estimate of drug-likeness (QED) is 0.683. The Morgan fingerprint density at radius 1 is 1.19 bits per heavy atom. The minimum atomic E-state index is -0.245. The van der Waals surface area contributed by atoms with Crippen molar-refractivity contribution in [1.82, 2.24) is 19.7 Å². The molecule has 31 heavy (non-hydrogen) atoms. The number of aromatic nitrogens is 4. The smallest absolute Gasteiger partial charge is 0.249 e. The molecule has 1 N–H and O–H groups in total. The number of carbonyl (C=O) groups is 1. The van der Waals surface area contributed by atoms with Crippen LogP contribution in [0, 0.1) is 12.7 Å². The van der Waals surface area contributed by atoms with E-state index in [1.807, 2.05) is 17.8 Å². The lowest BCUT2D eigenvalue weighted by Crippen LogP contribution is -2.49. The molecule has 0 unspecified atom stereocenters. The molecule has 0 aliphatic carbocycles. The van der Waals surface area contributed by atoms with E-state index in [0.29, 0.717) is 19.0 Å². The molecule has 0 radical (unpaired) electrons. The summed E-state index contributed by atoms with van der Waals surface area (Å²) in [6, 6.07) is 6.29. The van der Waals surface area contributed by atoms with Gasteiger partial charge in [0.2, 0.25) is 11.9 Å². The zero-order chi connectivity index (χ0) is 21.5. The third kappa shape index (κ3) is 3.60. The number of rotatable bonds is 5. The van der Waals surface area contributed by atoms with Crippen LogP contribution in [0.15, 0.2) is 36.7 Å². The molecule has 1 fully saturated rings. The first-order valence-electron chi connectivity index (χ1n) is 10.4. The summed E-state index contributed by atoms with van der Waals surface area (Å²) in [5, 5.41) is 7.67. The van der Waals surface area contributed by atoms with Crippen LogP contribution in [0.3, 0.4) is 0 Å². The van der Waals surface area contributed by atoms with Crippen molar-refractivity contribution in [2.24, 2.45) is 0 Å². The second-order valence-electron chi connectivity index (χ2n) is 8.08. The third-order valence-corrected chi connectivity index (χ3v) is 5.91. The van der Waals surface area contributed by atoms with Gasteiger partial charge in [0, 0.05) is 31.9 Å². The summed E-state index contributed by atoms with van der Waals surface area (Å²) in [7, 11) is 1.80. The Hall–Kier alpha value is -3.49. The Morgan fingerprint density at radius 2 is 2.00 bits per heavy atom. The molecule has 1 aromatic carbocycles. The zero-order valence-corrected chi connectivity index (χ0v) is 17.5. The van der Waals surface area contributed by atoms with Crippen LogP contribution < -0.4 is 15.1 Å². The van der Waals surface area contributed by atoms with Crippen LogP contribution in [-0.2, 0) is 17.9 Å². The fourth-order valence-electron chi connectivity index (χ4n) is 4.38. The lowest BCUT2D eigenvalue weighted by Gasteiger charge is -2.37. The minimum absolute atomic E-state index is 0.117. The summed E-state index contributed by atoms with van der Waals surface area (Å²) in [5.41, 5.74) is 3.55. The van der Waals surface area contributed by atoms with E-state index in [0.717, 1.165) is 47.7 Å². The van der Waals surface area contributed by atoms with Crippen molar-refractivity contribution in [1.29, 1.82) is 0 Å². The molecule has 1 amide bonds. The highest BCUT2D eigenvalue weighted by molar-refractivity contribution is 6.05. The number of likely N-dealkylation sites (N-methyl/N-ethyl adjacent to an activating group) is 1. The predicted molar refractivity (Wildman–Crippen MR) is 116 cm³/mol. The van der Waals surface area contributed by atoms with E-state index in [1.54, 1.807) is 30.3 Å². The molecule has 1 saturated heterocycles. The molecule has 3 aromatic rings. The van der Waals surface area contributed by atoms with Crippen LogP contribution in [0.4, 0.5) is 21.8 Å². The fourth-order valence-corrected chi connectivity index (χ4v) is 4.38. The first kappa shape index (κ1) is 19.5. The first-order chi connectivity index (χ1) is 15.0. The molecule has 1 atom stereocenters. The third-order valence-electron chi connectivity index (χ3n) is 5.91. The number of anilines is 3. The number of nitrogens with zero attached hydrogens (tertiary/aromatic N) is 6. The van der Waals surface area contributed by atoms with Crippen molar-refractivity contribution in [2.45, 2.75) is 38.9 Å². The first-order valence-corrected chi connectivity index (χ1v) is 10.4. The predicted octanol–water partition coefficient (Wildman–Crippen LogP) is 2.73. The molecule has 2 aromatic heterocycles. The number of fused-ring (bicyclic) bond motifs is 3. The summed E-state index contributed by atoms with van der Waals surface area (Å²) in [6.45, 7) is 3.85. The number of amides is 1. The van der Waals surface area contributed by atoms with Crippen molar-refractivity contribution >= 4 is 23.4 Å². The summed E-state index contributed by atoms with van der Waals surface area (Å²) >= 11 is 0. The fraction of sp³-hybridized carbons (Fsp3) is 0.364. The topological polar surface area (TPSA) is 79.2 Å². The standard InChI is InChI=1S/C22H24FN7O/c1-14-19-20(30-9-3-4-18(30)21(31)28(19)2)27-22(26-14)24-10-16-11-25-29(13-16)12-15-5-7-17(23)8-6-15/h5-8,11,13,18H,3-4,9-10,12H2,1-2H3,(H,24,26,27)/t18-/m1/s1. The van der Waals surface area contributed by atoms with Gasteiger partial charge in [-0.15, -0.1) is 0 Å². The monoisotopic (exact) mass is 421 g/mol. The average molecular weight is 421 g/mol. The van der Waals surface area contributed by atoms with Gasteiger partial charge in [-0.05, 0) is 37.5 Å². The Morgan fingerprint density at radius 3 is 2.81 bits per heavy atom. The van der Waals surface area contributed by atoms with E-state index in [2.05, 4.69) is 20.3 Å². The van der Waals surface area contributed by atoms with Crippen molar-refractivity contribution in [3.63, 3.8) is 0 Å². The Kier molecular flexibility index (Phi) is 4.80. The second kappa shape index (κ2) is 7.64. The summed E-state index contributed by atoms with van der Waals surface area (Å²) in [6.07, 6.45) is 5.60. The van der Waals surface area contributed by atoms with Gasteiger partial charge < -0.3 is 15.1 Å². The average Bonchev–Trinajstić information content (AvgIpc) is 3.42. The highest BCUT2D eigenvalue weighted by atomic mass is 19.1. The number of carbonyl (C=O) groups excluding carboxylic acids is 1. The molecule has 9 heteroatoms. The van der Waals surface area contributed by atoms with Gasteiger partial charge in [-0.3, -0.25) is 9.48 Å². The van der Waals surface area contributed by atoms with Crippen molar-refractivity contribution in [3.8, 4) is 0 Å². The maximum atomic E-state index is 13.1. The minimum Gasteiger partial charge on any atom is -0.350 e. The van der Waals surface area contributed by atoms with Crippen LogP contribution in [-0.4, -0.2) is 45.3 Å². The summed E-state index contributed by atoms with van der Waals surface area (Å²) in [4.78, 5) is 25.8. The van der Waals surface area contributed by atoms with Gasteiger partial charge in [-0.1, -0.05) is 12.1 Å². The van der Waals surface area contributed by atoms with Gasteiger partial charge in [0.25, 0.3) is 0 Å². The van der Waals surface area contributed by atoms with Gasteiger partial charge >= 0.3 is 0 Å². The van der Waals surface area contributed by atoms with Crippen molar-refractivity contribution in [2.75, 3.05) is 28.7 Å². The molecular weight excluding hydrogens is 397 g/mol. The maximum absolute atomic E-state index is 13.1. The molecular formula is C22H24FN7O. The normalized spacial score (nSPS) is 17.6. The highest BCUT2D eigenvalue weighted by Gasteiger charge is 2.41. The molecule has 2 aliphatic heterocycles. The lowest BCUT2D eigenvalue weighted by atomic mass is 10.1. The molecule has 0 spiro atoms. The SMILES string of the molecule is Cc1nc(NCc2cnn(Cc3ccc(F)cc3)c2)nc2c1N(C)C(=O)[C@H]1CCCN21. The molecule has 8 nitrogen and oxygen atoms in total. The zero-order valence-electron chi connectivity index (χ0n) is 17.5. The Balaban J connectivity index is 1.31. The van der Waals surface area contributed by atoms with Crippen LogP contribution in [0.5, 0.6) is 0 Å². The number of nitrogens with one attached hydrogen (secondary N) is 1. The Labute approximate surface area is 179 Å². The highest BCUT2D eigenvalue weighted by Crippen LogP contribution is 2.40. The maximum Gasteiger partial charge on any atom is 0.249 e. The molecule has 0 bridgehead atoms. The molecule has 4 heterocycles. The van der Waals surface area contributed by atoms with Crippen molar-refractivity contribution in [3.05, 3.63) is 59.3 Å². The summed E-state index contributed by atoms with van der Waals surface area (Å²) in [5.74, 6) is 1.23. The molecule has 160 valence electrons. The number of hydrogen-bond acceptors (Lipinski definition) is 6. The van der Waals surface area contributed by atoms with E-state index in [-0.39, 0.29) is 17.8 Å². The van der Waals surface area contributed by atoms with Crippen LogP contribution in [0.25, 0.3) is 0 Å². The number of aryl methyl sites for hydroxylation is 1. The van der Waals surface area contributed by atoms with Crippen molar-refractivity contribution < 1.29 is 9.18 Å². The molecule has 5 rings (SSSR count). The largest absolute Gasteiger partial charge is 0.350 e. The van der Waals surface area contributed by atoms with Crippen LogP contribution in [0.1, 0.15) is 29.7 Å². The van der Waals surface area contributed by atoms with Gasteiger partial charge in [0.05, 0.1) is 18.4 Å². The van der Waals surface area contributed by atoms with Gasteiger partial charge in [-0.25, -0.2) is 9.37 Å². The van der Waals surface area contributed by atoms with Crippen LogP contribution >= 0.6 is 0 Å². The van der Waals surface area contributed by atoms with E-state index < -0.39 is 0 Å². The number of benzene rings is 1. The summed E-state index contributed by atoms with van der Waals surface area (Å²) < 4.78 is 14.9. The number of halogens is 1. The van der Waals surface area contributed by atoms with E-state index in [1.165, 1.54) is 12.1 Å². The molecule has 0 saturated carbocycles. The second-order valence-corrected chi connectivity index (χ2v) is 8.08. The van der Waals surface area contributed by atoms with Crippen LogP contribution in [0.2, 0.25) is 0 Å².